The van der Waals surface area contributed by atoms with Crippen LogP contribution in [0, 0.1) is 11.3 Å². The zero-order valence-corrected chi connectivity index (χ0v) is 17.6. The average Bonchev–Trinajstić information content (AvgIpc) is 3.07. The maximum absolute atomic E-state index is 12.3. The lowest BCUT2D eigenvalue weighted by Gasteiger charge is -2.36. The second-order valence-corrected chi connectivity index (χ2v) is 8.17. The lowest BCUT2D eigenvalue weighted by atomic mass is 9.96. The van der Waals surface area contributed by atoms with Gasteiger partial charge in [-0.1, -0.05) is 35.9 Å². The molecule has 0 aromatic heterocycles. The number of nitriles is 1. The Hall–Kier alpha value is -3.26. The number of hydrogen-bond acceptors (Lipinski definition) is 4. The molecule has 5 nitrogen and oxygen atoms in total. The van der Waals surface area contributed by atoms with E-state index in [2.05, 4.69) is 36.2 Å². The SMILES string of the molecule is CC1=C(C)c2c(N3CCC[C@H](NC(=O)OCc4ccccc4)C3)ccc(C#N)c2C1. The Kier molecular flexibility index (Phi) is 5.76. The Morgan fingerprint density at radius 2 is 2.03 bits per heavy atom. The van der Waals surface area contributed by atoms with Gasteiger partial charge in [0.05, 0.1) is 11.6 Å². The normalized spacial score (nSPS) is 18.0. The van der Waals surface area contributed by atoms with Crippen molar-refractivity contribution in [2.24, 2.45) is 0 Å². The molecular weight excluding hydrogens is 374 g/mol. The minimum absolute atomic E-state index is 0.0418. The third-order valence-corrected chi connectivity index (χ3v) is 6.17. The second kappa shape index (κ2) is 8.62. The molecule has 1 aliphatic heterocycles. The number of nitrogens with one attached hydrogen (secondary N) is 1. The smallest absolute Gasteiger partial charge is 0.407 e. The number of carbonyl (C=O) groups is 1. The summed E-state index contributed by atoms with van der Waals surface area (Å²) in [5.41, 5.74) is 7.85. The Bertz CT molecular complexity index is 1020. The predicted octanol–water partition coefficient (Wildman–Crippen LogP) is 4.80. The highest BCUT2D eigenvalue weighted by Crippen LogP contribution is 2.41. The molecule has 5 heteroatoms. The van der Waals surface area contributed by atoms with Gasteiger partial charge in [0.1, 0.15) is 6.61 Å². The first-order valence-corrected chi connectivity index (χ1v) is 10.5. The summed E-state index contributed by atoms with van der Waals surface area (Å²) in [6.45, 7) is 6.25. The van der Waals surface area contributed by atoms with Crippen LogP contribution < -0.4 is 10.2 Å². The Morgan fingerprint density at radius 3 is 2.80 bits per heavy atom. The fraction of sp³-hybridized carbons (Fsp3) is 0.360. The first-order chi connectivity index (χ1) is 14.6. The standard InChI is InChI=1S/C25H27N3O2/c1-17-13-22-20(14-26)10-11-23(24(22)18(17)2)28-12-6-9-21(15-28)27-25(29)30-16-19-7-4-3-5-8-19/h3-5,7-8,10-11,21H,6,9,12-13,15-16H2,1-2H3,(H,27,29)/t21-/m0/s1. The van der Waals surface area contributed by atoms with Gasteiger partial charge in [0, 0.05) is 30.4 Å². The highest BCUT2D eigenvalue weighted by molar-refractivity contribution is 5.85. The van der Waals surface area contributed by atoms with Gasteiger partial charge in [-0.15, -0.1) is 0 Å². The minimum Gasteiger partial charge on any atom is -0.445 e. The summed E-state index contributed by atoms with van der Waals surface area (Å²) >= 11 is 0. The predicted molar refractivity (Wildman–Crippen MR) is 118 cm³/mol. The van der Waals surface area contributed by atoms with Crippen LogP contribution in [0.5, 0.6) is 0 Å². The van der Waals surface area contributed by atoms with Gasteiger partial charge >= 0.3 is 6.09 Å². The van der Waals surface area contributed by atoms with Gasteiger partial charge < -0.3 is 15.0 Å². The van der Waals surface area contributed by atoms with Crippen LogP contribution in [0.1, 0.15) is 48.9 Å². The number of amides is 1. The van der Waals surface area contributed by atoms with E-state index in [-0.39, 0.29) is 18.7 Å². The van der Waals surface area contributed by atoms with E-state index in [1.807, 2.05) is 36.4 Å². The van der Waals surface area contributed by atoms with Gasteiger partial charge in [-0.2, -0.15) is 5.26 Å². The van der Waals surface area contributed by atoms with Gasteiger partial charge in [-0.05, 0) is 61.9 Å². The van der Waals surface area contributed by atoms with E-state index in [4.69, 9.17) is 4.74 Å². The molecule has 2 aromatic carbocycles. The number of hydrogen-bond donors (Lipinski definition) is 1. The number of benzene rings is 2. The highest BCUT2D eigenvalue weighted by atomic mass is 16.5. The molecule has 1 amide bonds. The van der Waals surface area contributed by atoms with Crippen molar-refractivity contribution in [1.82, 2.24) is 5.32 Å². The maximum atomic E-state index is 12.3. The summed E-state index contributed by atoms with van der Waals surface area (Å²) in [6.07, 6.45) is 2.41. The molecule has 1 aliphatic carbocycles. The van der Waals surface area contributed by atoms with Gasteiger partial charge in [0.2, 0.25) is 0 Å². The molecule has 0 bridgehead atoms. The number of piperidine rings is 1. The number of anilines is 1. The lowest BCUT2D eigenvalue weighted by molar-refractivity contribution is 0.134. The van der Waals surface area contributed by atoms with Crippen LogP contribution in [0.2, 0.25) is 0 Å². The molecule has 4 rings (SSSR count). The van der Waals surface area contributed by atoms with Gasteiger partial charge in [0.25, 0.3) is 0 Å². The number of carbonyl (C=O) groups excluding carboxylic acids is 1. The lowest BCUT2D eigenvalue weighted by Crippen LogP contribution is -2.48. The van der Waals surface area contributed by atoms with Crippen LogP contribution in [-0.4, -0.2) is 25.2 Å². The molecule has 1 N–H and O–H groups in total. The number of allylic oxidation sites excluding steroid dienone is 2. The molecule has 1 fully saturated rings. The third kappa shape index (κ3) is 4.04. The van der Waals surface area contributed by atoms with Crippen molar-refractivity contribution >= 4 is 17.4 Å². The summed E-state index contributed by atoms with van der Waals surface area (Å²) in [4.78, 5) is 14.6. The van der Waals surface area contributed by atoms with Crippen LogP contribution in [0.4, 0.5) is 10.5 Å². The fourth-order valence-corrected chi connectivity index (χ4v) is 4.46. The summed E-state index contributed by atoms with van der Waals surface area (Å²) in [6, 6.07) is 16.1. The summed E-state index contributed by atoms with van der Waals surface area (Å²) in [7, 11) is 0. The van der Waals surface area contributed by atoms with Crippen LogP contribution in [0.15, 0.2) is 48.0 Å². The van der Waals surface area contributed by atoms with Gasteiger partial charge in [-0.3, -0.25) is 0 Å². The number of alkyl carbamates (subject to hydrolysis) is 1. The Labute approximate surface area is 178 Å². The molecule has 1 atom stereocenters. The van der Waals surface area contributed by atoms with E-state index in [0.29, 0.717) is 0 Å². The molecule has 30 heavy (non-hydrogen) atoms. The molecule has 0 saturated carbocycles. The molecule has 1 saturated heterocycles. The van der Waals surface area contributed by atoms with Gasteiger partial charge in [0.15, 0.2) is 0 Å². The topological polar surface area (TPSA) is 65.4 Å². The quantitative estimate of drug-likeness (QED) is 0.799. The van der Waals surface area contributed by atoms with Crippen LogP contribution in [0.25, 0.3) is 5.57 Å². The van der Waals surface area contributed by atoms with Crippen molar-refractivity contribution < 1.29 is 9.53 Å². The van der Waals surface area contributed by atoms with E-state index >= 15 is 0 Å². The van der Waals surface area contributed by atoms with E-state index in [0.717, 1.165) is 49.0 Å². The van der Waals surface area contributed by atoms with Crippen molar-refractivity contribution in [3.8, 4) is 6.07 Å². The zero-order valence-electron chi connectivity index (χ0n) is 17.6. The number of nitrogens with zero attached hydrogens (tertiary/aromatic N) is 2. The summed E-state index contributed by atoms with van der Waals surface area (Å²) in [5, 5.41) is 12.5. The first-order valence-electron chi connectivity index (χ1n) is 10.5. The van der Waals surface area contributed by atoms with Crippen molar-refractivity contribution in [2.75, 3.05) is 18.0 Å². The van der Waals surface area contributed by atoms with E-state index < -0.39 is 0 Å². The van der Waals surface area contributed by atoms with Crippen LogP contribution in [-0.2, 0) is 17.8 Å². The largest absolute Gasteiger partial charge is 0.445 e. The van der Waals surface area contributed by atoms with Crippen LogP contribution >= 0.6 is 0 Å². The first kappa shape index (κ1) is 20.0. The fourth-order valence-electron chi connectivity index (χ4n) is 4.46. The zero-order chi connectivity index (χ0) is 21.1. The highest BCUT2D eigenvalue weighted by Gasteiger charge is 2.28. The molecule has 0 radical (unpaired) electrons. The van der Waals surface area contributed by atoms with E-state index in [1.165, 1.54) is 22.4 Å². The molecule has 0 unspecified atom stereocenters. The number of rotatable bonds is 4. The van der Waals surface area contributed by atoms with Crippen molar-refractivity contribution in [1.29, 1.82) is 5.26 Å². The maximum Gasteiger partial charge on any atom is 0.407 e. The molecule has 1 heterocycles. The summed E-state index contributed by atoms with van der Waals surface area (Å²) in [5.74, 6) is 0. The average molecular weight is 402 g/mol. The van der Waals surface area contributed by atoms with E-state index in [1.54, 1.807) is 0 Å². The van der Waals surface area contributed by atoms with E-state index in [9.17, 15) is 10.1 Å². The Morgan fingerprint density at radius 1 is 1.23 bits per heavy atom. The minimum atomic E-state index is -0.373. The van der Waals surface area contributed by atoms with Crippen molar-refractivity contribution in [2.45, 2.75) is 45.8 Å². The third-order valence-electron chi connectivity index (χ3n) is 6.17. The van der Waals surface area contributed by atoms with Crippen LogP contribution in [0.3, 0.4) is 0 Å². The molecular formula is C25H27N3O2. The monoisotopic (exact) mass is 401 g/mol. The van der Waals surface area contributed by atoms with Gasteiger partial charge in [-0.25, -0.2) is 4.79 Å². The molecule has 2 aliphatic rings. The molecule has 2 aromatic rings. The van der Waals surface area contributed by atoms with Crippen molar-refractivity contribution in [3.05, 3.63) is 70.3 Å². The summed E-state index contributed by atoms with van der Waals surface area (Å²) < 4.78 is 5.40. The number of fused-ring (bicyclic) bond motifs is 1. The molecule has 0 spiro atoms. The number of ether oxygens (including phenoxy) is 1. The van der Waals surface area contributed by atoms with Crippen molar-refractivity contribution in [3.63, 3.8) is 0 Å². The second-order valence-electron chi connectivity index (χ2n) is 8.17. The Balaban J connectivity index is 1.44. The molecule has 154 valence electrons.